The van der Waals surface area contributed by atoms with E-state index in [1.807, 2.05) is 17.9 Å². The van der Waals surface area contributed by atoms with E-state index in [2.05, 4.69) is 30.2 Å². The van der Waals surface area contributed by atoms with Gasteiger partial charge in [0.25, 0.3) is 0 Å². The molecule has 19 heavy (non-hydrogen) atoms. The van der Waals surface area contributed by atoms with Crippen LogP contribution in [0.1, 0.15) is 57.1 Å². The highest BCUT2D eigenvalue weighted by atomic mass is 15.3. The summed E-state index contributed by atoms with van der Waals surface area (Å²) >= 11 is 0. The van der Waals surface area contributed by atoms with Gasteiger partial charge in [-0.05, 0) is 26.8 Å². The monoisotopic (exact) mass is 264 g/mol. The summed E-state index contributed by atoms with van der Waals surface area (Å²) in [5, 5.41) is 4.30. The maximum atomic E-state index is 6.25. The van der Waals surface area contributed by atoms with Crippen LogP contribution in [0.15, 0.2) is 12.4 Å². The van der Waals surface area contributed by atoms with Crippen LogP contribution in [0, 0.1) is 0 Å². The summed E-state index contributed by atoms with van der Waals surface area (Å²) in [6.45, 7) is 2.10. The summed E-state index contributed by atoms with van der Waals surface area (Å²) in [5.74, 6) is 0. The molecule has 1 fully saturated rings. The van der Waals surface area contributed by atoms with Crippen LogP contribution in [0.25, 0.3) is 0 Å². The Kier molecular flexibility index (Phi) is 4.99. The number of rotatable bonds is 4. The minimum absolute atomic E-state index is 0.123. The molecule has 1 aliphatic rings. The van der Waals surface area contributed by atoms with Gasteiger partial charge in [0.2, 0.25) is 0 Å². The van der Waals surface area contributed by atoms with Crippen LogP contribution in [0.2, 0.25) is 0 Å². The van der Waals surface area contributed by atoms with Crippen LogP contribution in [0.3, 0.4) is 0 Å². The zero-order chi connectivity index (χ0) is 13.8. The third kappa shape index (κ3) is 3.57. The van der Waals surface area contributed by atoms with Gasteiger partial charge in [0.15, 0.2) is 0 Å². The van der Waals surface area contributed by atoms with Gasteiger partial charge in [-0.3, -0.25) is 9.58 Å². The van der Waals surface area contributed by atoms with Crippen LogP contribution in [-0.2, 0) is 7.05 Å². The highest BCUT2D eigenvalue weighted by molar-refractivity contribution is 5.13. The second kappa shape index (κ2) is 6.53. The zero-order valence-corrected chi connectivity index (χ0v) is 12.5. The molecule has 0 bridgehead atoms. The first-order valence-corrected chi connectivity index (χ1v) is 7.55. The Labute approximate surface area is 117 Å². The van der Waals surface area contributed by atoms with Crippen molar-refractivity contribution in [2.24, 2.45) is 12.8 Å². The molecule has 0 amide bonds. The fourth-order valence-corrected chi connectivity index (χ4v) is 3.39. The fraction of sp³-hybridized carbons (Fsp3) is 0.800. The molecule has 0 radical (unpaired) electrons. The summed E-state index contributed by atoms with van der Waals surface area (Å²) in [5.41, 5.74) is 7.49. The molecule has 2 unspecified atom stereocenters. The summed E-state index contributed by atoms with van der Waals surface area (Å²) in [4.78, 5) is 2.49. The van der Waals surface area contributed by atoms with Gasteiger partial charge < -0.3 is 5.73 Å². The van der Waals surface area contributed by atoms with Crippen molar-refractivity contribution in [3.63, 3.8) is 0 Å². The van der Waals surface area contributed by atoms with E-state index in [9.17, 15) is 0 Å². The maximum absolute atomic E-state index is 6.25. The first kappa shape index (κ1) is 14.5. The Hall–Kier alpha value is -0.870. The third-order valence-electron chi connectivity index (χ3n) is 4.40. The van der Waals surface area contributed by atoms with Crippen molar-refractivity contribution in [2.75, 3.05) is 7.05 Å². The topological polar surface area (TPSA) is 47.1 Å². The van der Waals surface area contributed by atoms with E-state index in [0.717, 1.165) is 0 Å². The third-order valence-corrected chi connectivity index (χ3v) is 4.40. The second-order valence-electron chi connectivity index (χ2n) is 6.06. The zero-order valence-electron chi connectivity index (χ0n) is 12.5. The Morgan fingerprint density at radius 2 is 1.95 bits per heavy atom. The standard InChI is InChI=1S/C15H28N4/c1-12(16)15(13-10-17-18(2)11-13)19(3)14-8-6-4-5-7-9-14/h10-12,14-15H,4-9,16H2,1-3H3. The SMILES string of the molecule is CC(N)C(c1cnn(C)c1)N(C)C1CCCCCC1. The molecule has 1 heterocycles. The van der Waals surface area contributed by atoms with Crippen LogP contribution in [0.4, 0.5) is 0 Å². The van der Waals surface area contributed by atoms with E-state index in [1.165, 1.54) is 44.1 Å². The predicted octanol–water partition coefficient (Wildman–Crippen LogP) is 2.46. The fourth-order valence-electron chi connectivity index (χ4n) is 3.39. The molecule has 1 aromatic rings. The van der Waals surface area contributed by atoms with E-state index in [-0.39, 0.29) is 12.1 Å². The Balaban J connectivity index is 2.13. The van der Waals surface area contributed by atoms with Crippen molar-refractivity contribution in [2.45, 2.75) is 63.6 Å². The summed E-state index contributed by atoms with van der Waals surface area (Å²) in [7, 11) is 4.20. The lowest BCUT2D eigenvalue weighted by atomic mass is 9.98. The predicted molar refractivity (Wildman–Crippen MR) is 78.9 cm³/mol. The largest absolute Gasteiger partial charge is 0.326 e. The van der Waals surface area contributed by atoms with Crippen LogP contribution < -0.4 is 5.73 Å². The summed E-state index contributed by atoms with van der Waals surface area (Å²) in [6, 6.07) is 1.06. The lowest BCUT2D eigenvalue weighted by Gasteiger charge is -2.36. The Bertz CT molecular complexity index is 377. The van der Waals surface area contributed by atoms with Crippen molar-refractivity contribution in [1.82, 2.24) is 14.7 Å². The van der Waals surface area contributed by atoms with Crippen molar-refractivity contribution in [3.05, 3.63) is 18.0 Å². The Morgan fingerprint density at radius 3 is 2.42 bits per heavy atom. The van der Waals surface area contributed by atoms with Gasteiger partial charge in [0.1, 0.15) is 0 Å². The molecule has 1 aliphatic carbocycles. The summed E-state index contributed by atoms with van der Waals surface area (Å²) < 4.78 is 1.87. The number of aromatic nitrogens is 2. The molecule has 2 atom stereocenters. The van der Waals surface area contributed by atoms with E-state index in [0.29, 0.717) is 6.04 Å². The minimum atomic E-state index is 0.123. The normalized spacial score (nSPS) is 21.3. The number of nitrogens with zero attached hydrogens (tertiary/aromatic N) is 3. The van der Waals surface area contributed by atoms with Crippen molar-refractivity contribution in [3.8, 4) is 0 Å². The molecule has 2 N–H and O–H groups in total. The van der Waals surface area contributed by atoms with Gasteiger partial charge >= 0.3 is 0 Å². The molecule has 0 aromatic carbocycles. The molecule has 2 rings (SSSR count). The first-order valence-electron chi connectivity index (χ1n) is 7.55. The van der Waals surface area contributed by atoms with E-state index in [1.54, 1.807) is 0 Å². The highest BCUT2D eigenvalue weighted by Crippen LogP contribution is 2.29. The molecule has 4 heteroatoms. The van der Waals surface area contributed by atoms with Gasteiger partial charge in [-0.25, -0.2) is 0 Å². The molecule has 4 nitrogen and oxygen atoms in total. The smallest absolute Gasteiger partial charge is 0.0538 e. The van der Waals surface area contributed by atoms with Gasteiger partial charge in [-0.2, -0.15) is 5.10 Å². The molecule has 1 saturated carbocycles. The van der Waals surface area contributed by atoms with Crippen LogP contribution in [0.5, 0.6) is 0 Å². The number of hydrogen-bond donors (Lipinski definition) is 1. The number of hydrogen-bond acceptors (Lipinski definition) is 3. The van der Waals surface area contributed by atoms with Crippen molar-refractivity contribution >= 4 is 0 Å². The van der Waals surface area contributed by atoms with E-state index < -0.39 is 0 Å². The van der Waals surface area contributed by atoms with Crippen molar-refractivity contribution in [1.29, 1.82) is 0 Å². The molecule has 0 saturated heterocycles. The lowest BCUT2D eigenvalue weighted by Crippen LogP contribution is -2.42. The molecule has 108 valence electrons. The molecule has 0 aliphatic heterocycles. The van der Waals surface area contributed by atoms with Crippen LogP contribution >= 0.6 is 0 Å². The van der Waals surface area contributed by atoms with E-state index >= 15 is 0 Å². The Morgan fingerprint density at radius 1 is 1.32 bits per heavy atom. The summed E-state index contributed by atoms with van der Waals surface area (Å²) in [6.07, 6.45) is 12.2. The molecular weight excluding hydrogens is 236 g/mol. The lowest BCUT2D eigenvalue weighted by molar-refractivity contribution is 0.141. The van der Waals surface area contributed by atoms with Crippen LogP contribution in [-0.4, -0.2) is 33.8 Å². The van der Waals surface area contributed by atoms with E-state index in [4.69, 9.17) is 5.73 Å². The number of likely N-dealkylation sites (N-methyl/N-ethyl adjacent to an activating group) is 1. The first-order chi connectivity index (χ1) is 9.09. The van der Waals surface area contributed by atoms with Gasteiger partial charge in [-0.1, -0.05) is 25.7 Å². The molecular formula is C15H28N4. The molecule has 1 aromatic heterocycles. The average molecular weight is 264 g/mol. The number of aryl methyl sites for hydroxylation is 1. The van der Waals surface area contributed by atoms with Gasteiger partial charge in [-0.15, -0.1) is 0 Å². The molecule has 0 spiro atoms. The van der Waals surface area contributed by atoms with Gasteiger partial charge in [0.05, 0.1) is 12.2 Å². The number of nitrogens with two attached hydrogens (primary N) is 1. The quantitative estimate of drug-likeness (QED) is 0.850. The van der Waals surface area contributed by atoms with Crippen molar-refractivity contribution < 1.29 is 0 Å². The minimum Gasteiger partial charge on any atom is -0.326 e. The average Bonchev–Trinajstić information content (AvgIpc) is 2.65. The maximum Gasteiger partial charge on any atom is 0.0538 e. The highest BCUT2D eigenvalue weighted by Gasteiger charge is 2.28. The second-order valence-corrected chi connectivity index (χ2v) is 6.06. The van der Waals surface area contributed by atoms with Gasteiger partial charge in [0, 0.05) is 30.9 Å².